The van der Waals surface area contributed by atoms with Gasteiger partial charge in [0.05, 0.1) is 5.75 Å². The standard InChI is InChI=1S/C9H22N2O2S/c1-3-5-6-9(4-2)11-7-8-14(10,12)13/h9,11H,3-8H2,1-2H3,(H2,10,12,13). The number of unbranched alkanes of at least 4 members (excludes halogenated alkanes) is 1. The van der Waals surface area contributed by atoms with Gasteiger partial charge in [0.1, 0.15) is 0 Å². The monoisotopic (exact) mass is 222 g/mol. The Kier molecular flexibility index (Phi) is 7.13. The molecule has 0 aliphatic rings. The lowest BCUT2D eigenvalue weighted by atomic mass is 10.1. The van der Waals surface area contributed by atoms with E-state index in [4.69, 9.17) is 5.14 Å². The van der Waals surface area contributed by atoms with Crippen molar-refractivity contribution in [3.8, 4) is 0 Å². The Morgan fingerprint density at radius 1 is 1.36 bits per heavy atom. The summed E-state index contributed by atoms with van der Waals surface area (Å²) >= 11 is 0. The molecule has 0 bridgehead atoms. The van der Waals surface area contributed by atoms with Gasteiger partial charge in [0.2, 0.25) is 10.0 Å². The molecule has 3 N–H and O–H groups in total. The van der Waals surface area contributed by atoms with Crippen LogP contribution in [0, 0.1) is 0 Å². The number of primary sulfonamides is 1. The molecule has 1 atom stereocenters. The summed E-state index contributed by atoms with van der Waals surface area (Å²) in [6.07, 6.45) is 4.50. The Balaban J connectivity index is 3.62. The van der Waals surface area contributed by atoms with E-state index in [1.165, 1.54) is 12.8 Å². The highest BCUT2D eigenvalue weighted by molar-refractivity contribution is 7.89. The van der Waals surface area contributed by atoms with Gasteiger partial charge in [-0.2, -0.15) is 0 Å². The minimum atomic E-state index is -3.31. The molecule has 0 fully saturated rings. The smallest absolute Gasteiger partial charge is 0.210 e. The van der Waals surface area contributed by atoms with Gasteiger partial charge in [-0.1, -0.05) is 26.7 Å². The molecule has 0 aliphatic carbocycles. The van der Waals surface area contributed by atoms with Crippen molar-refractivity contribution < 1.29 is 8.42 Å². The summed E-state index contributed by atoms with van der Waals surface area (Å²) in [6, 6.07) is 0.427. The number of sulfonamides is 1. The Hall–Kier alpha value is -0.130. The maximum Gasteiger partial charge on any atom is 0.210 e. The second-order valence-electron chi connectivity index (χ2n) is 3.57. The van der Waals surface area contributed by atoms with Crippen LogP contribution in [0.3, 0.4) is 0 Å². The second-order valence-corrected chi connectivity index (χ2v) is 5.30. The largest absolute Gasteiger partial charge is 0.313 e. The predicted molar refractivity (Wildman–Crippen MR) is 59.6 cm³/mol. The highest BCUT2D eigenvalue weighted by Gasteiger charge is 2.06. The number of nitrogens with two attached hydrogens (primary N) is 1. The van der Waals surface area contributed by atoms with Crippen molar-refractivity contribution in [2.75, 3.05) is 12.3 Å². The minimum absolute atomic E-state index is 0.0234. The number of rotatable bonds is 8. The van der Waals surface area contributed by atoms with Gasteiger partial charge in [-0.25, -0.2) is 13.6 Å². The highest BCUT2D eigenvalue weighted by Crippen LogP contribution is 2.03. The Labute approximate surface area is 87.3 Å². The van der Waals surface area contributed by atoms with Crippen LogP contribution in [0.25, 0.3) is 0 Å². The molecule has 0 aromatic heterocycles. The third-order valence-corrected chi connectivity index (χ3v) is 2.99. The van der Waals surface area contributed by atoms with Gasteiger partial charge in [0, 0.05) is 12.6 Å². The van der Waals surface area contributed by atoms with Crippen LogP contribution in [0.5, 0.6) is 0 Å². The Morgan fingerprint density at radius 2 is 2.00 bits per heavy atom. The van der Waals surface area contributed by atoms with Gasteiger partial charge < -0.3 is 5.32 Å². The third kappa shape index (κ3) is 8.47. The zero-order valence-electron chi connectivity index (χ0n) is 9.12. The molecular weight excluding hydrogens is 200 g/mol. The fourth-order valence-electron chi connectivity index (χ4n) is 1.31. The van der Waals surface area contributed by atoms with Gasteiger partial charge in [0.15, 0.2) is 0 Å². The van der Waals surface area contributed by atoms with Crippen LogP contribution in [-0.4, -0.2) is 26.8 Å². The molecule has 5 heteroatoms. The van der Waals surface area contributed by atoms with E-state index in [2.05, 4.69) is 19.2 Å². The minimum Gasteiger partial charge on any atom is -0.313 e. The van der Waals surface area contributed by atoms with Crippen LogP contribution in [-0.2, 0) is 10.0 Å². The van der Waals surface area contributed by atoms with Gasteiger partial charge in [0.25, 0.3) is 0 Å². The molecular formula is C9H22N2O2S. The molecule has 4 nitrogen and oxygen atoms in total. The van der Waals surface area contributed by atoms with Crippen molar-refractivity contribution in [3.05, 3.63) is 0 Å². The summed E-state index contributed by atoms with van der Waals surface area (Å²) in [5, 5.41) is 8.10. The van der Waals surface area contributed by atoms with Crippen LogP contribution in [0.2, 0.25) is 0 Å². The van der Waals surface area contributed by atoms with E-state index < -0.39 is 10.0 Å². The maximum atomic E-state index is 10.7. The molecule has 0 aromatic rings. The van der Waals surface area contributed by atoms with Crippen LogP contribution in [0.4, 0.5) is 0 Å². The molecule has 0 amide bonds. The number of nitrogens with one attached hydrogen (secondary N) is 1. The molecule has 0 aromatic carbocycles. The zero-order valence-corrected chi connectivity index (χ0v) is 9.94. The predicted octanol–water partition coefficient (Wildman–Crippen LogP) is 0.833. The average Bonchev–Trinajstić information content (AvgIpc) is 2.09. The van der Waals surface area contributed by atoms with E-state index in [1.54, 1.807) is 0 Å². The van der Waals surface area contributed by atoms with Crippen molar-refractivity contribution in [2.24, 2.45) is 5.14 Å². The molecule has 14 heavy (non-hydrogen) atoms. The van der Waals surface area contributed by atoms with Gasteiger partial charge in [-0.15, -0.1) is 0 Å². The topological polar surface area (TPSA) is 72.2 Å². The SMILES string of the molecule is CCCCC(CC)NCCS(N)(=O)=O. The normalized spacial score (nSPS) is 14.2. The first-order chi connectivity index (χ1) is 6.49. The van der Waals surface area contributed by atoms with Crippen LogP contribution >= 0.6 is 0 Å². The van der Waals surface area contributed by atoms with Gasteiger partial charge >= 0.3 is 0 Å². The average molecular weight is 222 g/mol. The summed E-state index contributed by atoms with van der Waals surface area (Å²) < 4.78 is 21.3. The van der Waals surface area contributed by atoms with Gasteiger partial charge in [-0.3, -0.25) is 0 Å². The molecule has 0 spiro atoms. The number of hydrogen-bond donors (Lipinski definition) is 2. The fourth-order valence-corrected chi connectivity index (χ4v) is 1.71. The van der Waals surface area contributed by atoms with Gasteiger partial charge in [-0.05, 0) is 12.8 Å². The summed E-state index contributed by atoms with van der Waals surface area (Å²) in [7, 11) is -3.31. The number of hydrogen-bond acceptors (Lipinski definition) is 3. The maximum absolute atomic E-state index is 10.7. The lowest BCUT2D eigenvalue weighted by molar-refractivity contribution is 0.463. The van der Waals surface area contributed by atoms with Crippen molar-refractivity contribution in [2.45, 2.75) is 45.6 Å². The Bertz CT molecular complexity index is 227. The Morgan fingerprint density at radius 3 is 2.43 bits per heavy atom. The summed E-state index contributed by atoms with van der Waals surface area (Å²) in [5.74, 6) is 0.0234. The van der Waals surface area contributed by atoms with Crippen LogP contribution in [0.1, 0.15) is 39.5 Å². The zero-order chi connectivity index (χ0) is 11.0. The molecule has 0 saturated heterocycles. The van der Waals surface area contributed by atoms with E-state index >= 15 is 0 Å². The van der Waals surface area contributed by atoms with Crippen molar-refractivity contribution >= 4 is 10.0 Å². The lowest BCUT2D eigenvalue weighted by Gasteiger charge is -2.15. The summed E-state index contributed by atoms with van der Waals surface area (Å²) in [4.78, 5) is 0. The van der Waals surface area contributed by atoms with Crippen molar-refractivity contribution in [3.63, 3.8) is 0 Å². The molecule has 0 aliphatic heterocycles. The van der Waals surface area contributed by atoms with E-state index in [9.17, 15) is 8.42 Å². The first-order valence-electron chi connectivity index (χ1n) is 5.23. The molecule has 0 radical (unpaired) electrons. The second kappa shape index (κ2) is 7.20. The van der Waals surface area contributed by atoms with E-state index in [1.807, 2.05) is 0 Å². The fraction of sp³-hybridized carbons (Fsp3) is 1.00. The molecule has 0 heterocycles. The summed E-state index contributed by atoms with van der Waals surface area (Å²) in [5.41, 5.74) is 0. The molecule has 86 valence electrons. The molecule has 0 rings (SSSR count). The first-order valence-corrected chi connectivity index (χ1v) is 6.95. The lowest BCUT2D eigenvalue weighted by Crippen LogP contribution is -2.34. The van der Waals surface area contributed by atoms with Crippen LogP contribution < -0.4 is 10.5 Å². The van der Waals surface area contributed by atoms with Crippen LogP contribution in [0.15, 0.2) is 0 Å². The first kappa shape index (κ1) is 13.9. The van der Waals surface area contributed by atoms with Crippen molar-refractivity contribution in [1.82, 2.24) is 5.32 Å². The third-order valence-electron chi connectivity index (χ3n) is 2.22. The van der Waals surface area contributed by atoms with E-state index in [0.717, 1.165) is 12.8 Å². The highest BCUT2D eigenvalue weighted by atomic mass is 32.2. The van der Waals surface area contributed by atoms with E-state index in [-0.39, 0.29) is 5.75 Å². The summed E-state index contributed by atoms with van der Waals surface area (Å²) in [6.45, 7) is 4.71. The molecule has 0 saturated carbocycles. The molecule has 1 unspecified atom stereocenters. The van der Waals surface area contributed by atoms with Crippen molar-refractivity contribution in [1.29, 1.82) is 0 Å². The van der Waals surface area contributed by atoms with E-state index in [0.29, 0.717) is 12.6 Å². The quantitative estimate of drug-likeness (QED) is 0.639.